The first kappa shape index (κ1) is 18.3. The third-order valence-corrected chi connectivity index (χ3v) is 6.43. The monoisotopic (exact) mass is 412 g/mol. The molecule has 27 heavy (non-hydrogen) atoms. The van der Waals surface area contributed by atoms with Crippen LogP contribution in [0.2, 0.25) is 5.02 Å². The Morgan fingerprint density at radius 3 is 2.67 bits per heavy atom. The fourth-order valence-electron chi connectivity index (χ4n) is 2.89. The zero-order chi connectivity index (χ0) is 18.6. The number of benzene rings is 2. The number of aryl methyl sites for hydroxylation is 1. The van der Waals surface area contributed by atoms with E-state index in [1.807, 2.05) is 53.9 Å². The van der Waals surface area contributed by atoms with Crippen LogP contribution in [0.1, 0.15) is 11.1 Å². The van der Waals surface area contributed by atoms with Crippen molar-refractivity contribution in [2.24, 2.45) is 0 Å². The van der Waals surface area contributed by atoms with Crippen molar-refractivity contribution >= 4 is 44.9 Å². The van der Waals surface area contributed by atoms with Crippen LogP contribution in [0.25, 0.3) is 10.2 Å². The zero-order valence-corrected chi connectivity index (χ0v) is 16.9. The van der Waals surface area contributed by atoms with Gasteiger partial charge in [0.15, 0.2) is 5.16 Å². The van der Waals surface area contributed by atoms with Crippen LogP contribution in [0, 0.1) is 0 Å². The molecule has 0 fully saturated rings. The Morgan fingerprint density at radius 2 is 1.85 bits per heavy atom. The van der Waals surface area contributed by atoms with Crippen LogP contribution in [-0.2, 0) is 18.7 Å². The number of hydrogen-bond donors (Lipinski definition) is 0. The Balaban J connectivity index is 1.64. The molecule has 0 bridgehead atoms. The summed E-state index contributed by atoms with van der Waals surface area (Å²) in [5.74, 6) is 0.716. The summed E-state index contributed by atoms with van der Waals surface area (Å²) in [5, 5.41) is 3.39. The summed E-state index contributed by atoms with van der Waals surface area (Å²) in [6.07, 6.45) is 0.796. The number of halogens is 1. The molecule has 0 aliphatic carbocycles. The second kappa shape index (κ2) is 8.30. The van der Waals surface area contributed by atoms with Crippen molar-refractivity contribution in [3.05, 3.63) is 92.5 Å². The van der Waals surface area contributed by atoms with Crippen molar-refractivity contribution in [1.29, 1.82) is 0 Å². The average Bonchev–Trinajstić information content (AvgIpc) is 3.15. The Labute approximate surface area is 170 Å². The third-order valence-electron chi connectivity index (χ3n) is 4.25. The highest BCUT2D eigenvalue weighted by molar-refractivity contribution is 7.98. The average molecular weight is 413 g/mol. The van der Waals surface area contributed by atoms with Gasteiger partial charge in [0, 0.05) is 17.3 Å². The van der Waals surface area contributed by atoms with Gasteiger partial charge in [0.1, 0.15) is 4.70 Å². The molecule has 0 saturated heterocycles. The molecule has 2 heterocycles. The van der Waals surface area contributed by atoms with Crippen LogP contribution >= 0.6 is 34.7 Å². The molecular formula is C21H17ClN2OS2. The van der Waals surface area contributed by atoms with E-state index in [4.69, 9.17) is 16.6 Å². The molecule has 2 aromatic heterocycles. The van der Waals surface area contributed by atoms with Gasteiger partial charge in [-0.05, 0) is 41.1 Å². The first-order chi connectivity index (χ1) is 13.2. The number of nitrogens with zero attached hydrogens (tertiary/aromatic N) is 2. The second-order valence-corrected chi connectivity index (χ2v) is 8.44. The molecule has 0 atom stereocenters. The second-order valence-electron chi connectivity index (χ2n) is 6.14. The third kappa shape index (κ3) is 4.26. The maximum atomic E-state index is 13.0. The number of thiophene rings is 1. The minimum atomic E-state index is 0.0412. The number of rotatable bonds is 6. The van der Waals surface area contributed by atoms with Crippen LogP contribution in [0.15, 0.2) is 76.0 Å². The molecule has 0 spiro atoms. The van der Waals surface area contributed by atoms with E-state index in [0.29, 0.717) is 12.3 Å². The van der Waals surface area contributed by atoms with Gasteiger partial charge in [-0.3, -0.25) is 9.36 Å². The van der Waals surface area contributed by atoms with E-state index in [1.54, 1.807) is 16.3 Å². The van der Waals surface area contributed by atoms with E-state index < -0.39 is 0 Å². The Morgan fingerprint density at radius 1 is 1.04 bits per heavy atom. The van der Waals surface area contributed by atoms with Crippen molar-refractivity contribution in [3.8, 4) is 0 Å². The van der Waals surface area contributed by atoms with Crippen LogP contribution in [0.3, 0.4) is 0 Å². The highest BCUT2D eigenvalue weighted by atomic mass is 35.5. The first-order valence-corrected chi connectivity index (χ1v) is 10.8. The molecule has 4 rings (SSSR count). The molecule has 0 aliphatic rings. The lowest BCUT2D eigenvalue weighted by Crippen LogP contribution is -2.23. The van der Waals surface area contributed by atoms with Crippen LogP contribution < -0.4 is 5.56 Å². The van der Waals surface area contributed by atoms with Gasteiger partial charge >= 0.3 is 0 Å². The van der Waals surface area contributed by atoms with Crippen molar-refractivity contribution in [2.75, 3.05) is 0 Å². The lowest BCUT2D eigenvalue weighted by Gasteiger charge is -2.12. The number of aromatic nitrogens is 2. The van der Waals surface area contributed by atoms with Gasteiger partial charge in [-0.2, -0.15) is 0 Å². The fraction of sp³-hybridized carbons (Fsp3) is 0.143. The molecule has 4 aromatic rings. The van der Waals surface area contributed by atoms with Crippen LogP contribution in [0.5, 0.6) is 0 Å². The molecule has 0 radical (unpaired) electrons. The minimum absolute atomic E-state index is 0.0412. The standard InChI is InChI=1S/C21H17ClN2OS2/c22-17-8-4-7-16(13-17)14-27-21-23-18-10-12-26-19(18)20(25)24(21)11-9-15-5-2-1-3-6-15/h1-8,10,12-13H,9,11,14H2. The maximum Gasteiger partial charge on any atom is 0.272 e. The van der Waals surface area contributed by atoms with E-state index in [0.717, 1.165) is 32.4 Å². The van der Waals surface area contributed by atoms with Crippen LogP contribution in [0.4, 0.5) is 0 Å². The van der Waals surface area contributed by atoms with Crippen molar-refractivity contribution < 1.29 is 0 Å². The summed E-state index contributed by atoms with van der Waals surface area (Å²) >= 11 is 9.11. The van der Waals surface area contributed by atoms with Gasteiger partial charge in [-0.25, -0.2) is 4.98 Å². The lowest BCUT2D eigenvalue weighted by molar-refractivity contribution is 0.596. The van der Waals surface area contributed by atoms with E-state index in [9.17, 15) is 4.79 Å². The lowest BCUT2D eigenvalue weighted by atomic mass is 10.1. The van der Waals surface area contributed by atoms with Gasteiger partial charge in [-0.15, -0.1) is 11.3 Å². The molecule has 0 N–H and O–H groups in total. The molecule has 136 valence electrons. The molecule has 6 heteroatoms. The quantitative estimate of drug-likeness (QED) is 0.303. The highest BCUT2D eigenvalue weighted by Crippen LogP contribution is 2.25. The normalized spacial score (nSPS) is 11.1. The van der Waals surface area contributed by atoms with E-state index in [1.165, 1.54) is 16.9 Å². The molecule has 0 amide bonds. The zero-order valence-electron chi connectivity index (χ0n) is 14.5. The molecular weight excluding hydrogens is 396 g/mol. The highest BCUT2D eigenvalue weighted by Gasteiger charge is 2.13. The number of thioether (sulfide) groups is 1. The first-order valence-electron chi connectivity index (χ1n) is 8.60. The Bertz CT molecular complexity index is 1120. The van der Waals surface area contributed by atoms with Gasteiger partial charge in [0.25, 0.3) is 5.56 Å². The summed E-state index contributed by atoms with van der Waals surface area (Å²) in [5.41, 5.74) is 3.14. The van der Waals surface area contributed by atoms with Crippen molar-refractivity contribution in [2.45, 2.75) is 23.9 Å². The summed E-state index contributed by atoms with van der Waals surface area (Å²) < 4.78 is 2.52. The fourth-order valence-corrected chi connectivity index (χ4v) is 4.85. The van der Waals surface area contributed by atoms with Gasteiger partial charge < -0.3 is 0 Å². The smallest absolute Gasteiger partial charge is 0.272 e. The molecule has 0 unspecified atom stereocenters. The topological polar surface area (TPSA) is 34.9 Å². The molecule has 0 aliphatic heterocycles. The van der Waals surface area contributed by atoms with Gasteiger partial charge in [0.2, 0.25) is 0 Å². The minimum Gasteiger partial charge on any atom is -0.286 e. The summed E-state index contributed by atoms with van der Waals surface area (Å²) in [7, 11) is 0. The van der Waals surface area contributed by atoms with Gasteiger partial charge in [-0.1, -0.05) is 65.8 Å². The van der Waals surface area contributed by atoms with Crippen molar-refractivity contribution in [3.63, 3.8) is 0 Å². The summed E-state index contributed by atoms with van der Waals surface area (Å²) in [4.78, 5) is 17.7. The molecule has 0 saturated carbocycles. The predicted molar refractivity (Wildman–Crippen MR) is 115 cm³/mol. The predicted octanol–water partition coefficient (Wildman–Crippen LogP) is 5.65. The Kier molecular flexibility index (Phi) is 5.62. The van der Waals surface area contributed by atoms with E-state index in [-0.39, 0.29) is 5.56 Å². The van der Waals surface area contributed by atoms with Crippen molar-refractivity contribution in [1.82, 2.24) is 9.55 Å². The largest absolute Gasteiger partial charge is 0.286 e. The Hall–Kier alpha value is -2.08. The maximum absolute atomic E-state index is 13.0. The number of hydrogen-bond acceptors (Lipinski definition) is 4. The van der Waals surface area contributed by atoms with Crippen LogP contribution in [-0.4, -0.2) is 9.55 Å². The summed E-state index contributed by atoms with van der Waals surface area (Å²) in [6.45, 7) is 0.613. The van der Waals surface area contributed by atoms with E-state index >= 15 is 0 Å². The molecule has 2 aromatic carbocycles. The SMILES string of the molecule is O=c1c2sccc2nc(SCc2cccc(Cl)c2)n1CCc1ccccc1. The van der Waals surface area contributed by atoms with E-state index in [2.05, 4.69) is 12.1 Å². The molecule has 3 nitrogen and oxygen atoms in total. The van der Waals surface area contributed by atoms with Gasteiger partial charge in [0.05, 0.1) is 5.52 Å². The summed E-state index contributed by atoms with van der Waals surface area (Å²) in [6, 6.07) is 19.9. The number of fused-ring (bicyclic) bond motifs is 1.